The van der Waals surface area contributed by atoms with Crippen LogP contribution >= 0.6 is 24.0 Å². The Morgan fingerprint density at radius 3 is 2.64 bits per heavy atom. The molecule has 2 rings (SSSR count). The van der Waals surface area contributed by atoms with Crippen LogP contribution in [-0.4, -0.2) is 36.0 Å². The number of hydrogen-bond donors (Lipinski definition) is 1. The van der Waals surface area contributed by atoms with Crippen LogP contribution in [0, 0.1) is 16.0 Å². The lowest BCUT2D eigenvalue weighted by Crippen LogP contribution is -2.36. The number of rotatable bonds is 6. The molecule has 0 atom stereocenters. The van der Waals surface area contributed by atoms with Gasteiger partial charge in [0.05, 0.1) is 4.92 Å². The molecule has 0 radical (unpaired) electrons. The zero-order valence-electron chi connectivity index (χ0n) is 12.8. The molecule has 0 bridgehead atoms. The van der Waals surface area contributed by atoms with Crippen LogP contribution in [0.1, 0.15) is 25.3 Å². The highest BCUT2D eigenvalue weighted by Gasteiger charge is 2.19. The number of nitrogens with one attached hydrogen (secondary N) is 1. The highest BCUT2D eigenvalue weighted by atomic mass is 35.5. The predicted molar refractivity (Wildman–Crippen MR) is 91.9 cm³/mol. The maximum Gasteiger partial charge on any atom is 0.287 e. The molecule has 5 nitrogen and oxygen atoms in total. The topological polar surface area (TPSA) is 58.4 Å². The fourth-order valence-electron chi connectivity index (χ4n) is 2.75. The molecule has 1 aromatic rings. The third-order valence-corrected chi connectivity index (χ3v) is 4.31. The van der Waals surface area contributed by atoms with E-state index < -0.39 is 4.92 Å². The van der Waals surface area contributed by atoms with Crippen molar-refractivity contribution in [1.82, 2.24) is 10.2 Å². The summed E-state index contributed by atoms with van der Waals surface area (Å²) >= 11 is 5.95. The second-order valence-electron chi connectivity index (χ2n) is 5.57. The molecule has 124 valence electrons. The molecule has 1 aromatic carbocycles. The minimum Gasteiger partial charge on any atom is -0.317 e. The van der Waals surface area contributed by atoms with Gasteiger partial charge in [-0.05, 0) is 56.6 Å². The fourth-order valence-corrected chi connectivity index (χ4v) is 3.02. The molecule has 1 saturated heterocycles. The molecule has 0 spiro atoms. The van der Waals surface area contributed by atoms with Crippen LogP contribution in [0.15, 0.2) is 18.2 Å². The van der Waals surface area contributed by atoms with Crippen molar-refractivity contribution < 1.29 is 4.92 Å². The Morgan fingerprint density at radius 2 is 2.09 bits per heavy atom. The van der Waals surface area contributed by atoms with Crippen LogP contribution in [-0.2, 0) is 6.54 Å². The third kappa shape index (κ3) is 5.39. The summed E-state index contributed by atoms with van der Waals surface area (Å²) in [7, 11) is 0. The maximum absolute atomic E-state index is 10.8. The molecule has 1 aliphatic heterocycles. The second kappa shape index (κ2) is 9.30. The zero-order valence-corrected chi connectivity index (χ0v) is 14.3. The van der Waals surface area contributed by atoms with E-state index in [1.165, 1.54) is 18.9 Å². The van der Waals surface area contributed by atoms with Crippen molar-refractivity contribution in [1.29, 1.82) is 0 Å². The Bertz CT molecular complexity index is 492. The summed E-state index contributed by atoms with van der Waals surface area (Å²) in [6.45, 7) is 7.23. The van der Waals surface area contributed by atoms with Gasteiger partial charge in [-0.3, -0.25) is 15.0 Å². The van der Waals surface area contributed by atoms with Gasteiger partial charge in [-0.25, -0.2) is 0 Å². The molecule has 7 heteroatoms. The molecule has 1 fully saturated rings. The van der Waals surface area contributed by atoms with Crippen LogP contribution in [0.4, 0.5) is 5.69 Å². The van der Waals surface area contributed by atoms with Crippen LogP contribution in [0.3, 0.4) is 0 Å². The summed E-state index contributed by atoms with van der Waals surface area (Å²) in [6.07, 6.45) is 2.40. The van der Waals surface area contributed by atoms with Crippen molar-refractivity contribution in [3.8, 4) is 0 Å². The van der Waals surface area contributed by atoms with Gasteiger partial charge in [0.1, 0.15) is 5.02 Å². The quantitative estimate of drug-likeness (QED) is 0.632. The van der Waals surface area contributed by atoms with E-state index in [0.29, 0.717) is 0 Å². The number of nitro groups is 1. The lowest BCUT2D eigenvalue weighted by atomic mass is 9.96. The number of nitrogens with zero attached hydrogens (tertiary/aromatic N) is 2. The van der Waals surface area contributed by atoms with E-state index in [0.717, 1.165) is 44.2 Å². The van der Waals surface area contributed by atoms with Crippen molar-refractivity contribution in [2.24, 2.45) is 5.92 Å². The first-order chi connectivity index (χ1) is 10.1. The SMILES string of the molecule is CCNCC1CCN(Cc2ccc([N+](=O)[O-])c(Cl)c2)CC1.Cl. The van der Waals surface area contributed by atoms with Gasteiger partial charge in [-0.2, -0.15) is 0 Å². The molecule has 22 heavy (non-hydrogen) atoms. The van der Waals surface area contributed by atoms with Crippen molar-refractivity contribution in [3.05, 3.63) is 38.9 Å². The number of likely N-dealkylation sites (tertiary alicyclic amines) is 1. The largest absolute Gasteiger partial charge is 0.317 e. The summed E-state index contributed by atoms with van der Waals surface area (Å²) in [6, 6.07) is 5.01. The molecule has 1 heterocycles. The Hall–Kier alpha value is -0.880. The second-order valence-corrected chi connectivity index (χ2v) is 5.98. The van der Waals surface area contributed by atoms with E-state index in [2.05, 4.69) is 17.1 Å². The number of piperidine rings is 1. The molecule has 1 aliphatic rings. The van der Waals surface area contributed by atoms with Crippen LogP contribution in [0.2, 0.25) is 5.02 Å². The smallest absolute Gasteiger partial charge is 0.287 e. The Balaban J connectivity index is 0.00000242. The lowest BCUT2D eigenvalue weighted by molar-refractivity contribution is -0.384. The van der Waals surface area contributed by atoms with Gasteiger partial charge < -0.3 is 5.32 Å². The van der Waals surface area contributed by atoms with Crippen molar-refractivity contribution >= 4 is 29.7 Å². The third-order valence-electron chi connectivity index (χ3n) is 4.01. The average molecular weight is 348 g/mol. The number of nitro benzene ring substituents is 1. The van der Waals surface area contributed by atoms with E-state index in [4.69, 9.17) is 11.6 Å². The summed E-state index contributed by atoms with van der Waals surface area (Å²) < 4.78 is 0. The van der Waals surface area contributed by atoms with Crippen LogP contribution < -0.4 is 5.32 Å². The predicted octanol–water partition coefficient (Wildman–Crippen LogP) is 3.49. The van der Waals surface area contributed by atoms with Gasteiger partial charge in [0.2, 0.25) is 0 Å². The van der Waals surface area contributed by atoms with E-state index in [1.807, 2.05) is 0 Å². The number of benzene rings is 1. The van der Waals surface area contributed by atoms with Gasteiger partial charge in [0.15, 0.2) is 0 Å². The lowest BCUT2D eigenvalue weighted by Gasteiger charge is -2.32. The summed E-state index contributed by atoms with van der Waals surface area (Å²) in [5, 5.41) is 14.4. The summed E-state index contributed by atoms with van der Waals surface area (Å²) in [5.74, 6) is 0.765. The zero-order chi connectivity index (χ0) is 15.2. The molecular weight excluding hydrogens is 325 g/mol. The van der Waals surface area contributed by atoms with Crippen LogP contribution in [0.25, 0.3) is 0 Å². The van der Waals surface area contributed by atoms with Crippen molar-refractivity contribution in [2.45, 2.75) is 26.3 Å². The highest BCUT2D eigenvalue weighted by Crippen LogP contribution is 2.26. The standard InChI is InChI=1S/C15H22ClN3O2.ClH/c1-2-17-10-12-5-7-18(8-6-12)11-13-3-4-15(19(20)21)14(16)9-13;/h3-4,9,12,17H,2,5-8,10-11H2,1H3;1H. The van der Waals surface area contributed by atoms with Crippen LogP contribution in [0.5, 0.6) is 0 Å². The highest BCUT2D eigenvalue weighted by molar-refractivity contribution is 6.32. The molecule has 0 saturated carbocycles. The van der Waals surface area contributed by atoms with Gasteiger partial charge in [0.25, 0.3) is 5.69 Å². The van der Waals surface area contributed by atoms with E-state index in [-0.39, 0.29) is 23.1 Å². The summed E-state index contributed by atoms with van der Waals surface area (Å²) in [4.78, 5) is 12.7. The van der Waals surface area contributed by atoms with Gasteiger partial charge in [-0.1, -0.05) is 24.6 Å². The van der Waals surface area contributed by atoms with E-state index >= 15 is 0 Å². The minimum absolute atomic E-state index is 0. The van der Waals surface area contributed by atoms with Gasteiger partial charge in [0, 0.05) is 12.6 Å². The van der Waals surface area contributed by atoms with Gasteiger partial charge in [-0.15, -0.1) is 12.4 Å². The molecule has 0 unspecified atom stereocenters. The fraction of sp³-hybridized carbons (Fsp3) is 0.600. The first-order valence-corrected chi connectivity index (χ1v) is 7.83. The average Bonchev–Trinajstić information content (AvgIpc) is 2.46. The molecule has 0 amide bonds. The number of halogens is 2. The Labute approximate surface area is 142 Å². The minimum atomic E-state index is -0.446. The Morgan fingerprint density at radius 1 is 1.41 bits per heavy atom. The molecular formula is C15H23Cl2N3O2. The monoisotopic (exact) mass is 347 g/mol. The maximum atomic E-state index is 10.8. The molecule has 0 aliphatic carbocycles. The molecule has 0 aromatic heterocycles. The summed E-state index contributed by atoms with van der Waals surface area (Å²) in [5.41, 5.74) is 1.01. The molecule has 1 N–H and O–H groups in total. The normalized spacial score (nSPS) is 16.3. The number of hydrogen-bond acceptors (Lipinski definition) is 4. The van der Waals surface area contributed by atoms with E-state index in [1.54, 1.807) is 12.1 Å². The van der Waals surface area contributed by atoms with E-state index in [9.17, 15) is 10.1 Å². The Kier molecular flexibility index (Phi) is 8.10. The first-order valence-electron chi connectivity index (χ1n) is 7.46. The van der Waals surface area contributed by atoms with Crippen molar-refractivity contribution in [2.75, 3.05) is 26.2 Å². The first kappa shape index (κ1) is 19.2. The van der Waals surface area contributed by atoms with Gasteiger partial charge >= 0.3 is 0 Å². The van der Waals surface area contributed by atoms with Crippen molar-refractivity contribution in [3.63, 3.8) is 0 Å².